The Bertz CT molecular complexity index is 3130. The number of rotatable bonds is 6. The molecule has 0 amide bonds. The Labute approximate surface area is 342 Å². The molecule has 11 aromatic rings. The quantitative estimate of drug-likeness (QED) is 0.165. The van der Waals surface area contributed by atoms with Crippen molar-refractivity contribution in [1.82, 2.24) is 13.7 Å². The molecule has 0 fully saturated rings. The lowest BCUT2D eigenvalue weighted by molar-refractivity contribution is 0.546. The summed E-state index contributed by atoms with van der Waals surface area (Å²) in [6, 6.07) is 71.1. The van der Waals surface area contributed by atoms with Crippen LogP contribution in [0.1, 0.15) is 18.9 Å². The average molecular weight is 757 g/mol. The van der Waals surface area contributed by atoms with E-state index in [0.29, 0.717) is 0 Å². The maximum absolute atomic E-state index is 2.57. The van der Waals surface area contributed by atoms with Crippen molar-refractivity contribution in [1.29, 1.82) is 0 Å². The van der Waals surface area contributed by atoms with Crippen LogP contribution in [0.3, 0.4) is 0 Å². The second-order valence-electron chi connectivity index (χ2n) is 15.7. The summed E-state index contributed by atoms with van der Waals surface area (Å²) in [5, 5.41) is 7.70. The molecule has 1 aliphatic carbocycles. The van der Waals surface area contributed by atoms with Gasteiger partial charge in [-0.25, -0.2) is 0 Å². The summed E-state index contributed by atoms with van der Waals surface area (Å²) < 4.78 is 7.35. The number of benzene rings is 8. The third-order valence-electron chi connectivity index (χ3n) is 12.4. The van der Waals surface area contributed by atoms with Crippen molar-refractivity contribution < 1.29 is 0 Å². The zero-order valence-electron chi connectivity index (χ0n) is 32.5. The van der Waals surface area contributed by atoms with E-state index in [9.17, 15) is 0 Å². The fourth-order valence-corrected chi connectivity index (χ4v) is 9.84. The third kappa shape index (κ3) is 5.30. The molecule has 0 bridgehead atoms. The Morgan fingerprint density at radius 2 is 0.695 bits per heavy atom. The highest BCUT2D eigenvalue weighted by Crippen LogP contribution is 2.40. The molecular weight excluding hydrogens is 717 g/mol. The molecule has 12 rings (SSSR count). The van der Waals surface area contributed by atoms with Crippen LogP contribution in [-0.2, 0) is 0 Å². The van der Waals surface area contributed by atoms with Crippen LogP contribution >= 0.6 is 0 Å². The summed E-state index contributed by atoms with van der Waals surface area (Å²) in [6.07, 6.45) is 8.99. The van der Waals surface area contributed by atoms with E-state index in [2.05, 4.69) is 231 Å². The smallest absolute Gasteiger partial charge is 0.0541 e. The molecule has 0 aliphatic heterocycles. The molecule has 59 heavy (non-hydrogen) atoms. The Morgan fingerprint density at radius 1 is 0.356 bits per heavy atom. The lowest BCUT2D eigenvalue weighted by Crippen LogP contribution is -2.15. The first-order chi connectivity index (χ1) is 29.3. The molecule has 0 saturated carbocycles. The van der Waals surface area contributed by atoms with E-state index in [-0.39, 0.29) is 6.04 Å². The summed E-state index contributed by atoms with van der Waals surface area (Å²) in [4.78, 5) is 2.43. The number of aromatic nitrogens is 3. The standard InChI is InChI=1S/C55H40N4/c1-7-22-50-44(16-1)45-17-2-8-23-51(45)57(50)39-15-13-14-38(28-29-39)56(40-30-34-42(35-31-40)58-52-24-9-3-18-46(52)47-19-4-10-25-53(47)58)41-32-36-43(37-33-41)59-54-26-11-5-20-48(54)49-21-6-12-27-55(49)59/h1-14,16-28,30-37,39H,15,29H2. The fourth-order valence-electron chi connectivity index (χ4n) is 9.84. The predicted octanol–water partition coefficient (Wildman–Crippen LogP) is 14.6. The summed E-state index contributed by atoms with van der Waals surface area (Å²) in [6.45, 7) is 0. The average Bonchev–Trinajstić information content (AvgIpc) is 3.86. The number of allylic oxidation sites excluding steroid dienone is 3. The molecule has 3 aromatic heterocycles. The summed E-state index contributed by atoms with van der Waals surface area (Å²) in [5.74, 6) is 0. The van der Waals surface area contributed by atoms with E-state index in [1.807, 2.05) is 0 Å². The van der Waals surface area contributed by atoms with Crippen LogP contribution in [0.5, 0.6) is 0 Å². The zero-order valence-corrected chi connectivity index (χ0v) is 32.5. The number of nitrogens with zero attached hydrogens (tertiary/aromatic N) is 4. The van der Waals surface area contributed by atoms with Gasteiger partial charge >= 0.3 is 0 Å². The molecule has 4 nitrogen and oxygen atoms in total. The van der Waals surface area contributed by atoms with Crippen LogP contribution in [0, 0.1) is 0 Å². The summed E-state index contributed by atoms with van der Waals surface area (Å²) in [5.41, 5.74) is 13.1. The SMILES string of the molecule is C1=CC(N(c2ccc(-n3c4ccccc4c4ccccc43)cc2)c2ccc(-n3c4ccccc4c4ccccc43)cc2)=CCC(n2c3ccccc3c3ccccc32)C1. The first-order valence-corrected chi connectivity index (χ1v) is 20.6. The third-order valence-corrected chi connectivity index (χ3v) is 12.4. The van der Waals surface area contributed by atoms with Crippen LogP contribution in [0.2, 0.25) is 0 Å². The van der Waals surface area contributed by atoms with E-state index in [0.717, 1.165) is 35.6 Å². The van der Waals surface area contributed by atoms with Crippen molar-refractivity contribution in [3.05, 3.63) is 218 Å². The Hall–Kier alpha value is -7.56. The van der Waals surface area contributed by atoms with Crippen molar-refractivity contribution in [2.24, 2.45) is 0 Å². The Balaban J connectivity index is 0.979. The van der Waals surface area contributed by atoms with Crippen molar-refractivity contribution in [3.63, 3.8) is 0 Å². The van der Waals surface area contributed by atoms with Crippen molar-refractivity contribution in [2.45, 2.75) is 18.9 Å². The normalized spacial score (nSPS) is 14.5. The summed E-state index contributed by atoms with van der Waals surface area (Å²) in [7, 11) is 0. The second kappa shape index (κ2) is 13.5. The van der Waals surface area contributed by atoms with E-state index in [1.165, 1.54) is 71.1 Å². The van der Waals surface area contributed by atoms with E-state index < -0.39 is 0 Å². The second-order valence-corrected chi connectivity index (χ2v) is 15.7. The van der Waals surface area contributed by atoms with E-state index in [1.54, 1.807) is 0 Å². The first kappa shape index (κ1) is 33.6. The van der Waals surface area contributed by atoms with E-state index in [4.69, 9.17) is 0 Å². The number of hydrogen-bond acceptors (Lipinski definition) is 1. The van der Waals surface area contributed by atoms with Crippen LogP contribution in [0.15, 0.2) is 218 Å². The van der Waals surface area contributed by atoms with Gasteiger partial charge in [0.1, 0.15) is 0 Å². The van der Waals surface area contributed by atoms with Crippen molar-refractivity contribution in [2.75, 3.05) is 4.90 Å². The van der Waals surface area contributed by atoms with Gasteiger partial charge in [-0.05, 0) is 104 Å². The number of hydrogen-bond donors (Lipinski definition) is 0. The molecule has 0 radical (unpaired) electrons. The molecule has 3 heterocycles. The Morgan fingerprint density at radius 3 is 1.08 bits per heavy atom. The number of fused-ring (bicyclic) bond motifs is 9. The lowest BCUT2D eigenvalue weighted by atomic mass is 10.1. The van der Waals surface area contributed by atoms with Gasteiger partial charge in [0.25, 0.3) is 0 Å². The van der Waals surface area contributed by atoms with Gasteiger partial charge in [0.2, 0.25) is 0 Å². The molecule has 0 spiro atoms. The van der Waals surface area contributed by atoms with Crippen LogP contribution < -0.4 is 4.90 Å². The number of para-hydroxylation sites is 6. The predicted molar refractivity (Wildman–Crippen MR) is 249 cm³/mol. The lowest BCUT2D eigenvalue weighted by Gasteiger charge is -2.27. The summed E-state index contributed by atoms with van der Waals surface area (Å²) >= 11 is 0. The van der Waals surface area contributed by atoms with Crippen molar-refractivity contribution in [3.8, 4) is 11.4 Å². The zero-order chi connectivity index (χ0) is 38.9. The maximum Gasteiger partial charge on any atom is 0.0541 e. The minimum atomic E-state index is 0.283. The van der Waals surface area contributed by atoms with Gasteiger partial charge in [0, 0.05) is 77.8 Å². The topological polar surface area (TPSA) is 18.0 Å². The largest absolute Gasteiger partial charge is 0.337 e. The van der Waals surface area contributed by atoms with Crippen molar-refractivity contribution >= 4 is 76.8 Å². The van der Waals surface area contributed by atoms with Gasteiger partial charge in [-0.3, -0.25) is 0 Å². The van der Waals surface area contributed by atoms with E-state index >= 15 is 0 Å². The molecule has 4 heteroatoms. The van der Waals surface area contributed by atoms with Crippen LogP contribution in [-0.4, -0.2) is 13.7 Å². The highest BCUT2D eigenvalue weighted by atomic mass is 15.2. The minimum absolute atomic E-state index is 0.283. The van der Waals surface area contributed by atoms with Crippen LogP contribution in [0.4, 0.5) is 11.4 Å². The molecule has 0 saturated heterocycles. The monoisotopic (exact) mass is 756 g/mol. The van der Waals surface area contributed by atoms with Gasteiger partial charge in [-0.1, -0.05) is 121 Å². The van der Waals surface area contributed by atoms with Crippen LogP contribution in [0.25, 0.3) is 76.8 Å². The Kier molecular flexibility index (Phi) is 7.70. The van der Waals surface area contributed by atoms with Gasteiger partial charge in [-0.2, -0.15) is 0 Å². The molecule has 280 valence electrons. The van der Waals surface area contributed by atoms with Gasteiger partial charge < -0.3 is 18.6 Å². The molecule has 1 aliphatic rings. The van der Waals surface area contributed by atoms with Gasteiger partial charge in [-0.15, -0.1) is 0 Å². The van der Waals surface area contributed by atoms with Gasteiger partial charge in [0.15, 0.2) is 0 Å². The highest BCUT2D eigenvalue weighted by Gasteiger charge is 2.22. The molecule has 1 unspecified atom stereocenters. The van der Waals surface area contributed by atoms with Gasteiger partial charge in [0.05, 0.1) is 22.1 Å². The molecule has 1 atom stereocenters. The maximum atomic E-state index is 2.57. The molecular formula is C55H40N4. The molecule has 0 N–H and O–H groups in total. The molecule has 8 aromatic carbocycles. The number of anilines is 2. The minimum Gasteiger partial charge on any atom is -0.337 e. The fraction of sp³-hybridized carbons (Fsp3) is 0.0545. The first-order valence-electron chi connectivity index (χ1n) is 20.6. The highest BCUT2D eigenvalue weighted by molar-refractivity contribution is 6.11.